The summed E-state index contributed by atoms with van der Waals surface area (Å²) in [6, 6.07) is 0. The van der Waals surface area contributed by atoms with E-state index in [-0.39, 0.29) is 39.8 Å². The van der Waals surface area contributed by atoms with Gasteiger partial charge in [-0.15, -0.1) is 0 Å². The molecule has 0 amide bonds. The number of aliphatic hydroxyl groups excluding tert-OH is 2. The molecule has 0 aromatic heterocycles. The first-order chi connectivity index (χ1) is 11.1. The molecule has 0 rings (SSSR count). The third-order valence-corrected chi connectivity index (χ3v) is 3.62. The van der Waals surface area contributed by atoms with Gasteiger partial charge in [-0.3, -0.25) is 9.88 Å². The van der Waals surface area contributed by atoms with Crippen LogP contribution in [-0.4, -0.2) is 69.7 Å². The zero-order valence-corrected chi connectivity index (χ0v) is 14.4. The van der Waals surface area contributed by atoms with Crippen LogP contribution in [0, 0.1) is 0 Å². The Labute approximate surface area is 137 Å². The predicted molar refractivity (Wildman–Crippen MR) is 81.8 cm³/mol. The van der Waals surface area contributed by atoms with Crippen LogP contribution in [0.3, 0.4) is 0 Å². The van der Waals surface area contributed by atoms with E-state index in [1.54, 1.807) is 0 Å². The quantitative estimate of drug-likeness (QED) is 0.170. The molecular formula is C13H29NO8P-. The molecule has 1 atom stereocenters. The summed E-state index contributed by atoms with van der Waals surface area (Å²) in [6.07, 6.45) is 3.60. The number of phosphoric ester groups is 1. The number of aliphatic hydroxyl groups is 2. The monoisotopic (exact) mass is 358 g/mol. The molecule has 9 nitrogen and oxygen atoms in total. The van der Waals surface area contributed by atoms with Crippen molar-refractivity contribution >= 4 is 7.82 Å². The first kappa shape index (κ1) is 22.9. The highest BCUT2D eigenvalue weighted by atomic mass is 31.2. The Morgan fingerprint density at radius 3 is 2.17 bits per heavy atom. The number of ether oxygens (including phenoxy) is 2. The predicted octanol–water partition coefficient (Wildman–Crippen LogP) is -0.387. The van der Waals surface area contributed by atoms with Gasteiger partial charge < -0.3 is 33.6 Å². The van der Waals surface area contributed by atoms with E-state index in [9.17, 15) is 9.46 Å². The van der Waals surface area contributed by atoms with Crippen molar-refractivity contribution < 1.29 is 38.2 Å². The minimum Gasteiger partial charge on any atom is -0.756 e. The van der Waals surface area contributed by atoms with Crippen LogP contribution in [0.25, 0.3) is 0 Å². The minimum atomic E-state index is -4.31. The Morgan fingerprint density at radius 1 is 0.826 bits per heavy atom. The van der Waals surface area contributed by atoms with Crippen molar-refractivity contribution in [1.29, 1.82) is 0 Å². The lowest BCUT2D eigenvalue weighted by atomic mass is 10.2. The maximum atomic E-state index is 11.4. The summed E-state index contributed by atoms with van der Waals surface area (Å²) in [5, 5.41) is 19.9. The Balaban J connectivity index is 3.35. The Hall–Kier alpha value is -0.0900. The van der Waals surface area contributed by atoms with E-state index in [0.717, 1.165) is 25.7 Å². The van der Waals surface area contributed by atoms with E-state index in [1.807, 2.05) is 0 Å². The van der Waals surface area contributed by atoms with Crippen LogP contribution >= 0.6 is 7.82 Å². The van der Waals surface area contributed by atoms with Gasteiger partial charge in [-0.1, -0.05) is 12.8 Å². The summed E-state index contributed by atoms with van der Waals surface area (Å²) < 4.78 is 30.7. The average molecular weight is 358 g/mol. The van der Waals surface area contributed by atoms with Crippen LogP contribution < -0.4 is 10.2 Å². The first-order valence-electron chi connectivity index (χ1n) is 7.80. The molecule has 1 unspecified atom stereocenters. The van der Waals surface area contributed by atoms with Gasteiger partial charge in [0.15, 0.2) is 0 Å². The van der Waals surface area contributed by atoms with Crippen molar-refractivity contribution in [3.63, 3.8) is 0 Å². The van der Waals surface area contributed by atoms with Crippen LogP contribution in [0.15, 0.2) is 0 Å². The minimum absolute atomic E-state index is 0.0451. The van der Waals surface area contributed by atoms with Gasteiger partial charge in [0.05, 0.1) is 39.6 Å². The Bertz CT molecular complexity index is 271. The highest BCUT2D eigenvalue weighted by Crippen LogP contribution is 2.37. The molecule has 0 bridgehead atoms. The summed E-state index contributed by atoms with van der Waals surface area (Å²) in [7, 11) is -4.31. The van der Waals surface area contributed by atoms with Gasteiger partial charge in [0.25, 0.3) is 7.82 Å². The average Bonchev–Trinajstić information content (AvgIpc) is 2.52. The molecule has 0 aromatic carbocycles. The number of nitrogens with one attached hydrogen (secondary N) is 1. The van der Waals surface area contributed by atoms with Crippen molar-refractivity contribution in [2.75, 3.05) is 59.5 Å². The normalized spacial score (nSPS) is 14.0. The maximum absolute atomic E-state index is 11.4. The maximum Gasteiger partial charge on any atom is 0.269 e. The van der Waals surface area contributed by atoms with Crippen molar-refractivity contribution in [1.82, 2.24) is 5.32 Å². The van der Waals surface area contributed by atoms with E-state index < -0.39 is 7.82 Å². The van der Waals surface area contributed by atoms with Crippen molar-refractivity contribution in [2.45, 2.75) is 25.7 Å². The molecule has 3 N–H and O–H groups in total. The van der Waals surface area contributed by atoms with Crippen LogP contribution in [0.2, 0.25) is 0 Å². The van der Waals surface area contributed by atoms with E-state index in [4.69, 9.17) is 19.7 Å². The smallest absolute Gasteiger partial charge is 0.269 e. The number of rotatable bonds is 18. The van der Waals surface area contributed by atoms with Gasteiger partial charge in [0, 0.05) is 6.61 Å². The summed E-state index contributed by atoms with van der Waals surface area (Å²) >= 11 is 0. The Kier molecular flexibility index (Phi) is 16.7. The second-order valence-electron chi connectivity index (χ2n) is 4.64. The zero-order chi connectivity index (χ0) is 17.2. The molecule has 0 saturated heterocycles. The van der Waals surface area contributed by atoms with Crippen LogP contribution in [-0.2, 0) is 23.1 Å². The van der Waals surface area contributed by atoms with Gasteiger partial charge >= 0.3 is 0 Å². The fourth-order valence-corrected chi connectivity index (χ4v) is 2.17. The highest BCUT2D eigenvalue weighted by molar-refractivity contribution is 7.45. The molecule has 0 fully saturated rings. The Morgan fingerprint density at radius 2 is 1.48 bits per heavy atom. The molecule has 0 aliphatic carbocycles. The second-order valence-corrected chi connectivity index (χ2v) is 6.05. The van der Waals surface area contributed by atoms with E-state index in [0.29, 0.717) is 19.8 Å². The van der Waals surface area contributed by atoms with Crippen LogP contribution in [0.5, 0.6) is 0 Å². The number of unbranched alkanes of at least 4 members (excludes halogenated alkanes) is 3. The molecule has 10 heteroatoms. The zero-order valence-electron chi connectivity index (χ0n) is 13.5. The molecule has 23 heavy (non-hydrogen) atoms. The van der Waals surface area contributed by atoms with Crippen molar-refractivity contribution in [3.8, 4) is 0 Å². The lowest BCUT2D eigenvalue weighted by Gasteiger charge is -2.22. The number of hydrogen-bond donors (Lipinski definition) is 3. The first-order valence-corrected chi connectivity index (χ1v) is 9.26. The number of phosphoric acid groups is 1. The third kappa shape index (κ3) is 18.1. The fourth-order valence-electron chi connectivity index (χ4n) is 1.54. The lowest BCUT2D eigenvalue weighted by molar-refractivity contribution is -0.226. The summed E-state index contributed by atoms with van der Waals surface area (Å²) in [6.45, 7) is 1.53. The van der Waals surface area contributed by atoms with Crippen molar-refractivity contribution in [2.24, 2.45) is 0 Å². The van der Waals surface area contributed by atoms with E-state index in [2.05, 4.69) is 14.4 Å². The van der Waals surface area contributed by atoms with E-state index in [1.165, 1.54) is 0 Å². The fraction of sp³-hybridized carbons (Fsp3) is 1.00. The van der Waals surface area contributed by atoms with E-state index >= 15 is 0 Å². The SMILES string of the molecule is O=P([O-])(OCCOCCOCCO)OCNCCCCCCO. The molecule has 0 spiro atoms. The van der Waals surface area contributed by atoms with Crippen molar-refractivity contribution in [3.05, 3.63) is 0 Å². The van der Waals surface area contributed by atoms with Gasteiger partial charge in [0.1, 0.15) is 6.73 Å². The lowest BCUT2D eigenvalue weighted by Crippen LogP contribution is -2.22. The number of hydrogen-bond acceptors (Lipinski definition) is 9. The molecule has 0 radical (unpaired) electrons. The molecule has 0 aliphatic rings. The standard InChI is InChI=1S/C13H30NO8P/c15-6-4-2-1-3-5-14-13-22-23(17,18)21-12-11-20-10-9-19-8-7-16/h14-16H,1-13H2,(H,17,18)/p-1. The van der Waals surface area contributed by atoms with Crippen LogP contribution in [0.4, 0.5) is 0 Å². The van der Waals surface area contributed by atoms with Crippen LogP contribution in [0.1, 0.15) is 25.7 Å². The van der Waals surface area contributed by atoms with Gasteiger partial charge in [-0.25, -0.2) is 0 Å². The third-order valence-electron chi connectivity index (χ3n) is 2.67. The second kappa shape index (κ2) is 16.8. The molecule has 0 aromatic rings. The highest BCUT2D eigenvalue weighted by Gasteiger charge is 2.08. The van der Waals surface area contributed by atoms with Gasteiger partial charge in [0.2, 0.25) is 0 Å². The molecular weight excluding hydrogens is 329 g/mol. The van der Waals surface area contributed by atoms with Gasteiger partial charge in [-0.2, -0.15) is 0 Å². The summed E-state index contributed by atoms with van der Waals surface area (Å²) in [5.74, 6) is 0. The molecule has 140 valence electrons. The summed E-state index contributed by atoms with van der Waals surface area (Å²) in [4.78, 5) is 11.4. The molecule has 0 heterocycles. The molecule has 0 saturated carbocycles. The largest absolute Gasteiger partial charge is 0.756 e. The van der Waals surface area contributed by atoms with Gasteiger partial charge in [-0.05, 0) is 19.4 Å². The molecule has 0 aliphatic heterocycles. The topological polar surface area (TPSA) is 130 Å². The summed E-state index contributed by atoms with van der Waals surface area (Å²) in [5.41, 5.74) is 0.